The number of benzene rings is 3. The van der Waals surface area contributed by atoms with E-state index in [-0.39, 0.29) is 25.5 Å². The van der Waals surface area contributed by atoms with Crippen LogP contribution < -0.4 is 29.8 Å². The Labute approximate surface area is 255 Å². The Balaban J connectivity index is 1.63. The summed E-state index contributed by atoms with van der Waals surface area (Å²) in [5.41, 5.74) is 15.8. The summed E-state index contributed by atoms with van der Waals surface area (Å²) in [4.78, 5) is 21.8. The van der Waals surface area contributed by atoms with Crippen LogP contribution in [0.4, 0.5) is 5.69 Å². The first-order valence-corrected chi connectivity index (χ1v) is 13.9. The number of hydrogen-bond acceptors (Lipinski definition) is 10. The van der Waals surface area contributed by atoms with Crippen LogP contribution in [-0.4, -0.2) is 63.1 Å². The van der Waals surface area contributed by atoms with Crippen molar-refractivity contribution in [2.75, 3.05) is 34.5 Å². The van der Waals surface area contributed by atoms with Crippen molar-refractivity contribution in [3.05, 3.63) is 87.8 Å². The number of carbonyl (C=O) groups excluding carboxylic acids is 1. The van der Waals surface area contributed by atoms with Crippen LogP contribution in [0, 0.1) is 0 Å². The summed E-state index contributed by atoms with van der Waals surface area (Å²) >= 11 is 0. The molecule has 0 spiro atoms. The average molecular weight is 605 g/mol. The van der Waals surface area contributed by atoms with Crippen molar-refractivity contribution in [3.8, 4) is 23.0 Å². The quantitative estimate of drug-likeness (QED) is 0.0755. The van der Waals surface area contributed by atoms with Gasteiger partial charge in [-0.15, -0.1) is 0 Å². The van der Waals surface area contributed by atoms with Crippen LogP contribution in [-0.2, 0) is 22.5 Å². The zero-order chi connectivity index (χ0) is 31.5. The van der Waals surface area contributed by atoms with Crippen molar-refractivity contribution < 1.29 is 33.6 Å². The number of rotatable bonds is 15. The normalized spacial score (nSPS) is 17.1. The van der Waals surface area contributed by atoms with Crippen molar-refractivity contribution >= 4 is 17.5 Å². The Hall–Kier alpha value is -4.97. The predicted molar refractivity (Wildman–Crippen MR) is 163 cm³/mol. The van der Waals surface area contributed by atoms with Gasteiger partial charge in [0, 0.05) is 54.3 Å². The number of aliphatic imine (C=N–C) groups is 1. The minimum Gasteiger partial charge on any atom is -0.496 e. The van der Waals surface area contributed by atoms with E-state index in [4.69, 9.17) is 39.3 Å². The molecule has 13 heteroatoms. The van der Waals surface area contributed by atoms with E-state index in [9.17, 15) is 4.79 Å². The lowest BCUT2D eigenvalue weighted by Gasteiger charge is -2.29. The molecular weight excluding hydrogens is 568 g/mol. The first kappa shape index (κ1) is 32.0. The number of ether oxygens (including phenoxy) is 5. The third-order valence-electron chi connectivity index (χ3n) is 7.22. The van der Waals surface area contributed by atoms with Crippen LogP contribution in [0.1, 0.15) is 30.0 Å². The van der Waals surface area contributed by atoms with Gasteiger partial charge in [0.25, 0.3) is 5.91 Å². The van der Waals surface area contributed by atoms with E-state index in [1.165, 1.54) is 14.2 Å². The fourth-order valence-corrected chi connectivity index (χ4v) is 4.81. The fourth-order valence-electron chi connectivity index (χ4n) is 4.81. The highest BCUT2D eigenvalue weighted by Gasteiger charge is 2.50. The van der Waals surface area contributed by atoms with E-state index in [0.717, 1.165) is 0 Å². The molecule has 3 N–H and O–H groups in total. The molecule has 1 heterocycles. The van der Waals surface area contributed by atoms with Crippen molar-refractivity contribution in [2.24, 2.45) is 10.1 Å². The van der Waals surface area contributed by atoms with Gasteiger partial charge in [-0.2, -0.15) is 0 Å². The molecule has 3 aromatic rings. The van der Waals surface area contributed by atoms with Crippen molar-refractivity contribution in [2.45, 2.75) is 38.0 Å². The maximum absolute atomic E-state index is 14.0. The largest absolute Gasteiger partial charge is 0.496 e. The molecule has 0 saturated heterocycles. The van der Waals surface area contributed by atoms with E-state index in [0.29, 0.717) is 58.4 Å². The molecule has 1 aliphatic heterocycles. The summed E-state index contributed by atoms with van der Waals surface area (Å²) in [5, 5.41) is 12.8. The lowest BCUT2D eigenvalue weighted by molar-refractivity contribution is -0.129. The number of nitrogens with one attached hydrogen (secondary N) is 2. The smallest absolute Gasteiger partial charge is 0.266 e. The van der Waals surface area contributed by atoms with Crippen LogP contribution in [0.5, 0.6) is 23.0 Å². The molecule has 0 aliphatic carbocycles. The predicted octanol–water partition coefficient (Wildman–Crippen LogP) is 4.38. The Morgan fingerprint density at radius 3 is 2.41 bits per heavy atom. The van der Waals surface area contributed by atoms with E-state index in [2.05, 4.69) is 20.9 Å². The molecular formula is C31H36N6O7. The topological polar surface area (TPSA) is 169 Å². The molecule has 0 radical (unpaired) electrons. The molecule has 0 saturated carbocycles. The lowest BCUT2D eigenvalue weighted by Crippen LogP contribution is -2.55. The number of hydrazine groups is 1. The second-order valence-electron chi connectivity index (χ2n) is 9.86. The number of azide groups is 1. The van der Waals surface area contributed by atoms with Gasteiger partial charge in [-0.1, -0.05) is 29.4 Å². The molecule has 0 unspecified atom stereocenters. The number of amides is 1. The molecule has 3 aromatic carbocycles. The van der Waals surface area contributed by atoms with Crippen LogP contribution in [0.25, 0.3) is 10.4 Å². The van der Waals surface area contributed by atoms with Gasteiger partial charge < -0.3 is 28.8 Å². The molecule has 13 nitrogen and oxygen atoms in total. The number of methoxy groups -OCH3 is 3. The zero-order valence-electron chi connectivity index (χ0n) is 25.1. The van der Waals surface area contributed by atoms with Gasteiger partial charge in [0.2, 0.25) is 5.90 Å². The van der Waals surface area contributed by atoms with Gasteiger partial charge in [-0.3, -0.25) is 10.2 Å². The summed E-state index contributed by atoms with van der Waals surface area (Å²) in [7, 11) is 4.62. The molecule has 44 heavy (non-hydrogen) atoms. The van der Waals surface area contributed by atoms with Gasteiger partial charge in [-0.05, 0) is 42.3 Å². The van der Waals surface area contributed by atoms with Crippen LogP contribution in [0.2, 0.25) is 0 Å². The summed E-state index contributed by atoms with van der Waals surface area (Å²) in [5.74, 6) is 2.06. The molecule has 4 rings (SSSR count). The van der Waals surface area contributed by atoms with Crippen molar-refractivity contribution in [1.29, 1.82) is 0 Å². The van der Waals surface area contributed by atoms with E-state index in [1.54, 1.807) is 74.7 Å². The highest BCUT2D eigenvalue weighted by atomic mass is 16.5. The molecule has 0 aromatic heterocycles. The highest BCUT2D eigenvalue weighted by molar-refractivity contribution is 6.00. The van der Waals surface area contributed by atoms with Crippen LogP contribution >= 0.6 is 0 Å². The maximum Gasteiger partial charge on any atom is 0.266 e. The third-order valence-corrected chi connectivity index (χ3v) is 7.22. The Morgan fingerprint density at radius 1 is 1.07 bits per heavy atom. The highest BCUT2D eigenvalue weighted by Crippen LogP contribution is 2.36. The monoisotopic (exact) mass is 604 g/mol. The second kappa shape index (κ2) is 15.0. The fraction of sp³-hybridized carbons (Fsp3) is 0.355. The van der Waals surface area contributed by atoms with E-state index in [1.807, 2.05) is 0 Å². The summed E-state index contributed by atoms with van der Waals surface area (Å²) in [6.45, 7) is 2.37. The second-order valence-corrected chi connectivity index (χ2v) is 9.86. The number of aliphatic hydroxyl groups excluding tert-OH is 1. The van der Waals surface area contributed by atoms with Gasteiger partial charge >= 0.3 is 0 Å². The Bertz CT molecular complexity index is 1500. The van der Waals surface area contributed by atoms with Crippen molar-refractivity contribution in [1.82, 2.24) is 10.9 Å². The van der Waals surface area contributed by atoms with E-state index >= 15 is 0 Å². The Kier molecular flexibility index (Phi) is 10.9. The minimum atomic E-state index is -1.42. The molecule has 0 fully saturated rings. The van der Waals surface area contributed by atoms with Gasteiger partial charge in [-0.25, -0.2) is 10.4 Å². The van der Waals surface area contributed by atoms with Gasteiger partial charge in [0.1, 0.15) is 29.1 Å². The molecule has 232 valence electrons. The molecule has 2 atom stereocenters. The van der Waals surface area contributed by atoms with Gasteiger partial charge in [0.05, 0.1) is 33.5 Å². The van der Waals surface area contributed by atoms with E-state index < -0.39 is 17.6 Å². The molecule has 0 bridgehead atoms. The first-order valence-electron chi connectivity index (χ1n) is 13.9. The average Bonchev–Trinajstić information content (AvgIpc) is 3.38. The van der Waals surface area contributed by atoms with Crippen LogP contribution in [0.15, 0.2) is 70.8 Å². The van der Waals surface area contributed by atoms with Crippen LogP contribution in [0.3, 0.4) is 0 Å². The number of hydrogen-bond donors (Lipinski definition) is 3. The summed E-state index contributed by atoms with van der Waals surface area (Å²) < 4.78 is 28.2. The molecule has 1 amide bonds. The number of nitrogens with zero attached hydrogens (tertiary/aromatic N) is 4. The number of aliphatic hydroxyl groups is 1. The SMILES string of the molecule is COc1cc(OC)c(CNNC(=O)[C@@]2(Cc3ccccc3N=[N+]=[N-])N=C(c3ccc(OCCCO)cc3)O[C@H]2C)c(OC)c1. The van der Waals surface area contributed by atoms with Gasteiger partial charge in [0.15, 0.2) is 5.54 Å². The maximum atomic E-state index is 14.0. The summed E-state index contributed by atoms with van der Waals surface area (Å²) in [6, 6.07) is 17.6. The minimum absolute atomic E-state index is 0.0453. The lowest BCUT2D eigenvalue weighted by atomic mass is 9.85. The first-order chi connectivity index (χ1) is 21.4. The standard InChI is InChI=1S/C31H36N6O7/c1-20-31(18-22-8-5-6-9-26(22)35-37-32,34-29(44-20)21-10-12-23(13-11-21)43-15-7-14-38)30(39)36-33-19-25-27(41-3)16-24(40-2)17-28(25)42-4/h5-6,8-13,16-17,20,33,38H,7,14-15,18-19H2,1-4H3,(H,36,39)/t20-,31-/m0/s1. The summed E-state index contributed by atoms with van der Waals surface area (Å²) in [6.07, 6.45) is -0.0717. The van der Waals surface area contributed by atoms with Crippen molar-refractivity contribution in [3.63, 3.8) is 0 Å². The number of carbonyl (C=O) groups is 1. The zero-order valence-corrected chi connectivity index (χ0v) is 25.1. The molecule has 1 aliphatic rings. The third kappa shape index (κ3) is 7.14. The Morgan fingerprint density at radius 2 is 1.77 bits per heavy atom.